The van der Waals surface area contributed by atoms with Gasteiger partial charge >= 0.3 is 5.69 Å². The standard InChI is InChI=1S/C20H21N7O2/c1-4-5-8-26-14(15-11(2)6-7-13-12(15)9-21-24-13)10-27-16-17(22-19(26)27)25(3)20(29)23-18(16)28/h6-7,9-10H,4-5,8H2,1-3H3,(H,21,24)(H,23,28,29). The number of fused-ring (bicyclic) bond motifs is 4. The molecule has 0 aliphatic carbocycles. The molecule has 0 spiro atoms. The molecule has 1 aromatic carbocycles. The first-order valence-corrected chi connectivity index (χ1v) is 9.65. The monoisotopic (exact) mass is 391 g/mol. The fourth-order valence-electron chi connectivity index (χ4n) is 4.01. The van der Waals surface area contributed by atoms with E-state index in [1.165, 1.54) is 4.57 Å². The smallest absolute Gasteiger partial charge is 0.310 e. The van der Waals surface area contributed by atoms with E-state index in [4.69, 9.17) is 0 Å². The summed E-state index contributed by atoms with van der Waals surface area (Å²) in [6.45, 7) is 4.96. The van der Waals surface area contributed by atoms with Crippen molar-refractivity contribution in [3.63, 3.8) is 0 Å². The highest BCUT2D eigenvalue weighted by atomic mass is 16.2. The summed E-state index contributed by atoms with van der Waals surface area (Å²) in [5.41, 5.74) is 3.95. The number of aryl methyl sites for hydroxylation is 3. The van der Waals surface area contributed by atoms with Gasteiger partial charge in [-0.2, -0.15) is 10.1 Å². The number of H-pyrrole nitrogens is 2. The van der Waals surface area contributed by atoms with E-state index in [-0.39, 0.29) is 0 Å². The average molecular weight is 391 g/mol. The maximum absolute atomic E-state index is 12.6. The SMILES string of the molecule is CCCCn1c(-c2c(C)ccc3[nH]ncc23)cn2c3c(=O)[nH]c(=O)n(C)c3nc12. The molecule has 148 valence electrons. The molecular weight excluding hydrogens is 370 g/mol. The second kappa shape index (κ2) is 6.20. The Labute approximate surface area is 164 Å². The molecule has 0 aliphatic rings. The number of aromatic nitrogens is 7. The van der Waals surface area contributed by atoms with Gasteiger partial charge in [0, 0.05) is 30.7 Å². The van der Waals surface area contributed by atoms with E-state index in [1.807, 2.05) is 18.5 Å². The molecule has 0 radical (unpaired) electrons. The van der Waals surface area contributed by atoms with Crippen molar-refractivity contribution in [1.82, 2.24) is 33.7 Å². The summed E-state index contributed by atoms with van der Waals surface area (Å²) in [5.74, 6) is 0.648. The quantitative estimate of drug-likeness (QED) is 0.490. The number of nitrogens with zero attached hydrogens (tertiary/aromatic N) is 5. The summed E-state index contributed by atoms with van der Waals surface area (Å²) in [6, 6.07) is 4.08. The molecular formula is C20H21N7O2. The Hall–Kier alpha value is -3.62. The summed E-state index contributed by atoms with van der Waals surface area (Å²) >= 11 is 0. The van der Waals surface area contributed by atoms with Gasteiger partial charge in [-0.05, 0) is 25.0 Å². The minimum atomic E-state index is -0.470. The van der Waals surface area contributed by atoms with Crippen LogP contribution >= 0.6 is 0 Å². The zero-order valence-corrected chi connectivity index (χ0v) is 16.5. The van der Waals surface area contributed by atoms with Gasteiger partial charge in [0.2, 0.25) is 5.78 Å². The number of aromatic amines is 2. The van der Waals surface area contributed by atoms with Crippen molar-refractivity contribution in [2.45, 2.75) is 33.2 Å². The van der Waals surface area contributed by atoms with E-state index in [9.17, 15) is 9.59 Å². The highest BCUT2D eigenvalue weighted by Gasteiger charge is 2.21. The van der Waals surface area contributed by atoms with E-state index in [0.29, 0.717) is 16.9 Å². The van der Waals surface area contributed by atoms with Crippen molar-refractivity contribution in [3.05, 3.63) is 50.9 Å². The molecule has 0 aliphatic heterocycles. The predicted octanol–water partition coefficient (Wildman–Crippen LogP) is 2.33. The summed E-state index contributed by atoms with van der Waals surface area (Å²) in [4.78, 5) is 31.6. The first-order chi connectivity index (χ1) is 14.0. The molecule has 0 amide bonds. The Morgan fingerprint density at radius 1 is 1.21 bits per heavy atom. The number of imidazole rings is 2. The van der Waals surface area contributed by atoms with Crippen LogP contribution in [0.5, 0.6) is 0 Å². The number of benzene rings is 1. The zero-order valence-electron chi connectivity index (χ0n) is 16.5. The summed E-state index contributed by atoms with van der Waals surface area (Å²) in [6.07, 6.45) is 5.76. The fraction of sp³-hybridized carbons (Fsp3) is 0.300. The first kappa shape index (κ1) is 17.5. The van der Waals surface area contributed by atoms with Gasteiger partial charge in [-0.25, -0.2) is 4.79 Å². The van der Waals surface area contributed by atoms with Crippen molar-refractivity contribution in [2.75, 3.05) is 0 Å². The summed E-state index contributed by atoms with van der Waals surface area (Å²) in [5, 5.41) is 8.24. The normalized spacial score (nSPS) is 12.0. The number of unbranched alkanes of at least 4 members (excludes halogenated alkanes) is 1. The van der Waals surface area contributed by atoms with Gasteiger partial charge in [-0.3, -0.25) is 23.8 Å². The third kappa shape index (κ3) is 2.40. The van der Waals surface area contributed by atoms with Gasteiger partial charge in [0.25, 0.3) is 5.56 Å². The molecule has 0 atom stereocenters. The van der Waals surface area contributed by atoms with Crippen LogP contribution in [0.4, 0.5) is 0 Å². The maximum Gasteiger partial charge on any atom is 0.329 e. The van der Waals surface area contributed by atoms with E-state index in [1.54, 1.807) is 11.4 Å². The Balaban J connectivity index is 1.92. The zero-order chi connectivity index (χ0) is 20.3. The molecule has 5 rings (SSSR count). The van der Waals surface area contributed by atoms with Gasteiger partial charge in [-0.15, -0.1) is 0 Å². The molecule has 29 heavy (non-hydrogen) atoms. The molecule has 0 bridgehead atoms. The topological polar surface area (TPSA) is 106 Å². The van der Waals surface area contributed by atoms with Gasteiger partial charge in [0.15, 0.2) is 11.2 Å². The fourth-order valence-corrected chi connectivity index (χ4v) is 4.01. The lowest BCUT2D eigenvalue weighted by atomic mass is 10.0. The van der Waals surface area contributed by atoms with Crippen LogP contribution in [0.1, 0.15) is 25.3 Å². The lowest BCUT2D eigenvalue weighted by Gasteiger charge is -2.11. The van der Waals surface area contributed by atoms with Crippen LogP contribution in [0.15, 0.2) is 34.1 Å². The van der Waals surface area contributed by atoms with Crippen molar-refractivity contribution < 1.29 is 0 Å². The van der Waals surface area contributed by atoms with E-state index in [0.717, 1.165) is 47.1 Å². The van der Waals surface area contributed by atoms with E-state index < -0.39 is 11.2 Å². The van der Waals surface area contributed by atoms with Crippen LogP contribution in [0.3, 0.4) is 0 Å². The largest absolute Gasteiger partial charge is 0.329 e. The minimum absolute atomic E-state index is 0.371. The Kier molecular flexibility index (Phi) is 3.73. The minimum Gasteiger partial charge on any atom is -0.310 e. The number of rotatable bonds is 4. The van der Waals surface area contributed by atoms with Crippen LogP contribution in [-0.2, 0) is 13.6 Å². The Bertz CT molecular complexity index is 1510. The van der Waals surface area contributed by atoms with Gasteiger partial charge in [0.05, 0.1) is 17.4 Å². The molecule has 0 saturated carbocycles. The van der Waals surface area contributed by atoms with E-state index in [2.05, 4.69) is 44.6 Å². The number of nitrogens with one attached hydrogen (secondary N) is 2. The summed E-state index contributed by atoms with van der Waals surface area (Å²) < 4.78 is 5.29. The van der Waals surface area contributed by atoms with Gasteiger partial charge in [0.1, 0.15) is 0 Å². The molecule has 0 fully saturated rings. The van der Waals surface area contributed by atoms with Crippen LogP contribution in [0, 0.1) is 6.92 Å². The average Bonchev–Trinajstić information content (AvgIpc) is 3.38. The second-order valence-corrected chi connectivity index (χ2v) is 7.38. The highest BCUT2D eigenvalue weighted by molar-refractivity contribution is 5.96. The lowest BCUT2D eigenvalue weighted by Crippen LogP contribution is -2.28. The van der Waals surface area contributed by atoms with Gasteiger partial charge < -0.3 is 4.57 Å². The lowest BCUT2D eigenvalue weighted by molar-refractivity contribution is 0.648. The Morgan fingerprint density at radius 3 is 2.83 bits per heavy atom. The van der Waals surface area contributed by atoms with Crippen LogP contribution in [-0.4, -0.2) is 33.7 Å². The maximum atomic E-state index is 12.6. The molecule has 0 unspecified atom stereocenters. The van der Waals surface area contributed by atoms with Crippen LogP contribution in [0.2, 0.25) is 0 Å². The number of hydrogen-bond donors (Lipinski definition) is 2. The van der Waals surface area contributed by atoms with Crippen molar-refractivity contribution >= 4 is 27.8 Å². The molecule has 4 heterocycles. The van der Waals surface area contributed by atoms with Crippen LogP contribution in [0.25, 0.3) is 39.1 Å². The molecule has 9 heteroatoms. The molecule has 9 nitrogen and oxygen atoms in total. The van der Waals surface area contributed by atoms with Crippen molar-refractivity contribution in [3.8, 4) is 11.3 Å². The van der Waals surface area contributed by atoms with Crippen molar-refractivity contribution in [1.29, 1.82) is 0 Å². The van der Waals surface area contributed by atoms with Gasteiger partial charge in [-0.1, -0.05) is 19.4 Å². The van der Waals surface area contributed by atoms with Crippen molar-refractivity contribution in [2.24, 2.45) is 7.05 Å². The highest BCUT2D eigenvalue weighted by Crippen LogP contribution is 2.33. The first-order valence-electron chi connectivity index (χ1n) is 9.65. The molecule has 2 N–H and O–H groups in total. The number of hydrogen-bond acceptors (Lipinski definition) is 4. The third-order valence-electron chi connectivity index (χ3n) is 5.54. The van der Waals surface area contributed by atoms with Crippen LogP contribution < -0.4 is 11.2 Å². The predicted molar refractivity (Wildman–Crippen MR) is 111 cm³/mol. The Morgan fingerprint density at radius 2 is 2.03 bits per heavy atom. The molecule has 4 aromatic heterocycles. The third-order valence-corrected chi connectivity index (χ3v) is 5.54. The molecule has 5 aromatic rings. The summed E-state index contributed by atoms with van der Waals surface area (Å²) in [7, 11) is 1.61. The molecule has 0 saturated heterocycles. The second-order valence-electron chi connectivity index (χ2n) is 7.38. The van der Waals surface area contributed by atoms with E-state index >= 15 is 0 Å².